The average molecular weight is 307 g/mol. The normalized spacial score (nSPS) is 16.2. The van der Waals surface area contributed by atoms with Gasteiger partial charge in [0.25, 0.3) is 5.56 Å². The van der Waals surface area contributed by atoms with Crippen LogP contribution in [0, 0.1) is 0 Å². The standard InChI is InChI=1S/C18H17N3O2/c1-10-8-20-17-16(10)13-7-11(3-5-14(13)21-18(17)22)12-4-6-15(23-2)19-9-12/h3-7,9-10,20H,8H2,1-2H3,(H,21,22). The Hall–Kier alpha value is -2.82. The van der Waals surface area contributed by atoms with Gasteiger partial charge < -0.3 is 15.0 Å². The van der Waals surface area contributed by atoms with E-state index in [0.29, 0.717) is 17.5 Å². The lowest BCUT2D eigenvalue weighted by Gasteiger charge is -2.10. The quantitative estimate of drug-likeness (QED) is 0.763. The highest BCUT2D eigenvalue weighted by Gasteiger charge is 2.24. The predicted molar refractivity (Wildman–Crippen MR) is 91.3 cm³/mol. The van der Waals surface area contributed by atoms with Gasteiger partial charge in [-0.15, -0.1) is 0 Å². The molecule has 0 aliphatic carbocycles. The summed E-state index contributed by atoms with van der Waals surface area (Å²) >= 11 is 0. The largest absolute Gasteiger partial charge is 0.481 e. The molecule has 2 N–H and O–H groups in total. The first-order valence-corrected chi connectivity index (χ1v) is 7.61. The first kappa shape index (κ1) is 13.8. The number of fused-ring (bicyclic) bond motifs is 3. The van der Waals surface area contributed by atoms with E-state index in [2.05, 4.69) is 28.3 Å². The minimum atomic E-state index is -0.0456. The van der Waals surface area contributed by atoms with Crippen molar-refractivity contribution in [1.29, 1.82) is 0 Å². The third-order valence-corrected chi connectivity index (χ3v) is 4.41. The highest BCUT2D eigenvalue weighted by Crippen LogP contribution is 2.35. The van der Waals surface area contributed by atoms with E-state index in [1.165, 1.54) is 0 Å². The zero-order chi connectivity index (χ0) is 16.0. The molecule has 0 bridgehead atoms. The van der Waals surface area contributed by atoms with Crippen LogP contribution in [-0.2, 0) is 0 Å². The number of methoxy groups -OCH3 is 1. The maximum atomic E-state index is 12.2. The van der Waals surface area contributed by atoms with Crippen LogP contribution in [0.25, 0.3) is 22.0 Å². The highest BCUT2D eigenvalue weighted by atomic mass is 16.5. The number of nitrogens with one attached hydrogen (secondary N) is 2. The Bertz CT molecular complexity index is 945. The van der Waals surface area contributed by atoms with Crippen molar-refractivity contribution >= 4 is 16.6 Å². The molecule has 116 valence electrons. The molecule has 23 heavy (non-hydrogen) atoms. The van der Waals surface area contributed by atoms with Gasteiger partial charge in [-0.2, -0.15) is 0 Å². The van der Waals surface area contributed by atoms with Crippen LogP contribution in [0.1, 0.15) is 18.4 Å². The molecule has 4 rings (SSSR count). The number of H-pyrrole nitrogens is 1. The molecule has 1 atom stereocenters. The number of benzene rings is 1. The predicted octanol–water partition coefficient (Wildman–Crippen LogP) is 3.13. The van der Waals surface area contributed by atoms with Crippen LogP contribution >= 0.6 is 0 Å². The third-order valence-electron chi connectivity index (χ3n) is 4.41. The molecule has 5 nitrogen and oxygen atoms in total. The second-order valence-electron chi connectivity index (χ2n) is 5.87. The van der Waals surface area contributed by atoms with Crippen molar-refractivity contribution in [2.24, 2.45) is 0 Å². The summed E-state index contributed by atoms with van der Waals surface area (Å²) in [4.78, 5) is 19.4. The first-order chi connectivity index (χ1) is 11.2. The van der Waals surface area contributed by atoms with Crippen molar-refractivity contribution in [2.75, 3.05) is 19.0 Å². The lowest BCUT2D eigenvalue weighted by atomic mass is 9.96. The Kier molecular flexibility index (Phi) is 3.08. The Morgan fingerprint density at radius 3 is 2.78 bits per heavy atom. The van der Waals surface area contributed by atoms with Gasteiger partial charge in [0.15, 0.2) is 0 Å². The maximum Gasteiger partial charge on any atom is 0.272 e. The number of pyridine rings is 2. The Balaban J connectivity index is 1.92. The van der Waals surface area contributed by atoms with Crippen LogP contribution in [0.3, 0.4) is 0 Å². The van der Waals surface area contributed by atoms with E-state index in [4.69, 9.17) is 4.74 Å². The molecule has 1 aromatic carbocycles. The molecule has 0 radical (unpaired) electrons. The minimum Gasteiger partial charge on any atom is -0.481 e. The topological polar surface area (TPSA) is 67.0 Å². The molecule has 1 aliphatic rings. The van der Waals surface area contributed by atoms with Gasteiger partial charge in [-0.1, -0.05) is 13.0 Å². The summed E-state index contributed by atoms with van der Waals surface area (Å²) in [5.74, 6) is 0.914. The summed E-state index contributed by atoms with van der Waals surface area (Å²) in [6.45, 7) is 2.94. The van der Waals surface area contributed by atoms with Crippen LogP contribution in [-0.4, -0.2) is 23.6 Å². The van der Waals surface area contributed by atoms with Gasteiger partial charge in [0.05, 0.1) is 7.11 Å². The average Bonchev–Trinajstić information content (AvgIpc) is 2.98. The minimum absolute atomic E-state index is 0.0456. The smallest absolute Gasteiger partial charge is 0.272 e. The fraction of sp³-hybridized carbons (Fsp3) is 0.222. The number of aromatic amines is 1. The SMILES string of the molecule is COc1ccc(-c2ccc3[nH]c(=O)c4c(c3c2)C(C)CN4)cn1. The number of hydrogen-bond acceptors (Lipinski definition) is 4. The van der Waals surface area contributed by atoms with Crippen molar-refractivity contribution in [3.8, 4) is 17.0 Å². The molecule has 3 heterocycles. The van der Waals surface area contributed by atoms with E-state index in [9.17, 15) is 4.79 Å². The van der Waals surface area contributed by atoms with Crippen molar-refractivity contribution in [3.63, 3.8) is 0 Å². The summed E-state index contributed by atoms with van der Waals surface area (Å²) in [6, 6.07) is 9.92. The Morgan fingerprint density at radius 2 is 2.04 bits per heavy atom. The first-order valence-electron chi connectivity index (χ1n) is 7.61. The zero-order valence-electron chi connectivity index (χ0n) is 13.0. The summed E-state index contributed by atoms with van der Waals surface area (Å²) in [6.07, 6.45) is 1.80. The molecule has 0 saturated carbocycles. The monoisotopic (exact) mass is 307 g/mol. The van der Waals surface area contributed by atoms with Crippen molar-refractivity contribution in [2.45, 2.75) is 12.8 Å². The molecule has 3 aromatic rings. The van der Waals surface area contributed by atoms with Crippen LogP contribution < -0.4 is 15.6 Å². The van der Waals surface area contributed by atoms with E-state index in [1.807, 2.05) is 24.3 Å². The summed E-state index contributed by atoms with van der Waals surface area (Å²) in [5.41, 5.74) is 4.72. The fourth-order valence-electron chi connectivity index (χ4n) is 3.21. The van der Waals surface area contributed by atoms with Gasteiger partial charge in [0.2, 0.25) is 5.88 Å². The molecule has 5 heteroatoms. The van der Waals surface area contributed by atoms with Gasteiger partial charge >= 0.3 is 0 Å². The van der Waals surface area contributed by atoms with Crippen molar-refractivity contribution in [1.82, 2.24) is 9.97 Å². The molecule has 0 spiro atoms. The summed E-state index contributed by atoms with van der Waals surface area (Å²) < 4.78 is 5.10. The molecule has 0 saturated heterocycles. The van der Waals surface area contributed by atoms with Crippen LogP contribution in [0.5, 0.6) is 5.88 Å². The third kappa shape index (κ3) is 2.16. The number of ether oxygens (including phenoxy) is 1. The molecule has 2 aromatic heterocycles. The molecular weight excluding hydrogens is 290 g/mol. The number of rotatable bonds is 2. The Morgan fingerprint density at radius 1 is 1.22 bits per heavy atom. The van der Waals surface area contributed by atoms with Crippen molar-refractivity contribution in [3.05, 3.63) is 52.4 Å². The van der Waals surface area contributed by atoms with Gasteiger partial charge in [-0.25, -0.2) is 4.98 Å². The van der Waals surface area contributed by atoms with E-state index >= 15 is 0 Å². The van der Waals surface area contributed by atoms with E-state index in [-0.39, 0.29) is 5.56 Å². The molecule has 0 amide bonds. The summed E-state index contributed by atoms with van der Waals surface area (Å²) in [5, 5.41) is 4.30. The molecular formula is C18H17N3O2. The number of nitrogens with zero attached hydrogens (tertiary/aromatic N) is 1. The van der Waals surface area contributed by atoms with Gasteiger partial charge in [0.1, 0.15) is 5.69 Å². The van der Waals surface area contributed by atoms with E-state index < -0.39 is 0 Å². The van der Waals surface area contributed by atoms with Crippen LogP contribution in [0.2, 0.25) is 0 Å². The van der Waals surface area contributed by atoms with E-state index in [1.54, 1.807) is 13.3 Å². The van der Waals surface area contributed by atoms with Crippen LogP contribution in [0.4, 0.5) is 5.69 Å². The second kappa shape index (κ2) is 5.12. The second-order valence-corrected chi connectivity index (χ2v) is 5.87. The van der Waals surface area contributed by atoms with Crippen molar-refractivity contribution < 1.29 is 4.74 Å². The molecule has 1 aliphatic heterocycles. The molecule has 0 fully saturated rings. The van der Waals surface area contributed by atoms with Gasteiger partial charge in [-0.3, -0.25) is 4.79 Å². The maximum absolute atomic E-state index is 12.2. The van der Waals surface area contributed by atoms with Crippen LogP contribution in [0.15, 0.2) is 41.3 Å². The van der Waals surface area contributed by atoms with E-state index in [0.717, 1.165) is 34.1 Å². The summed E-state index contributed by atoms with van der Waals surface area (Å²) in [7, 11) is 1.60. The number of hydrogen-bond donors (Lipinski definition) is 2. The lowest BCUT2D eigenvalue weighted by molar-refractivity contribution is 0.398. The van der Waals surface area contributed by atoms with Gasteiger partial charge in [0, 0.05) is 41.2 Å². The molecule has 1 unspecified atom stereocenters. The number of aromatic nitrogens is 2. The fourth-order valence-corrected chi connectivity index (χ4v) is 3.21. The highest BCUT2D eigenvalue weighted by molar-refractivity contribution is 5.91. The lowest BCUT2D eigenvalue weighted by Crippen LogP contribution is -2.11. The van der Waals surface area contributed by atoms with Gasteiger partial charge in [-0.05, 0) is 29.3 Å². The number of anilines is 1. The Labute approximate surface area is 133 Å². The zero-order valence-corrected chi connectivity index (χ0v) is 13.0.